The molecular weight excluding hydrogens is 430 g/mol. The SMILES string of the molecule is COc1ccccc1C1/C(=C(\O)c2ccc(Cl)cc2)C(=O)C(=O)N1CCCn1ccnc1. The van der Waals surface area contributed by atoms with E-state index in [0.29, 0.717) is 41.4 Å². The van der Waals surface area contributed by atoms with Crippen LogP contribution in [0.2, 0.25) is 5.02 Å². The zero-order valence-electron chi connectivity index (χ0n) is 17.4. The lowest BCUT2D eigenvalue weighted by Gasteiger charge is -2.26. The molecule has 0 bridgehead atoms. The average molecular weight is 452 g/mol. The van der Waals surface area contributed by atoms with E-state index in [1.807, 2.05) is 22.9 Å². The van der Waals surface area contributed by atoms with Crippen molar-refractivity contribution in [1.29, 1.82) is 0 Å². The van der Waals surface area contributed by atoms with Crippen molar-refractivity contribution >= 4 is 29.1 Å². The summed E-state index contributed by atoms with van der Waals surface area (Å²) in [6.45, 7) is 0.960. The number of hydrogen-bond acceptors (Lipinski definition) is 5. The Morgan fingerprint density at radius 2 is 1.88 bits per heavy atom. The fourth-order valence-corrected chi connectivity index (χ4v) is 4.06. The summed E-state index contributed by atoms with van der Waals surface area (Å²) in [6, 6.07) is 12.9. The number of aryl methyl sites for hydroxylation is 1. The summed E-state index contributed by atoms with van der Waals surface area (Å²) in [7, 11) is 1.53. The smallest absolute Gasteiger partial charge is 0.295 e. The van der Waals surface area contributed by atoms with Gasteiger partial charge in [0.05, 0.1) is 25.1 Å². The number of ether oxygens (including phenoxy) is 1. The molecule has 0 aliphatic carbocycles. The molecule has 0 saturated carbocycles. The molecule has 1 atom stereocenters. The van der Waals surface area contributed by atoms with Crippen molar-refractivity contribution in [3.05, 3.63) is 89.0 Å². The Morgan fingerprint density at radius 3 is 2.56 bits per heavy atom. The highest BCUT2D eigenvalue weighted by Gasteiger charge is 2.46. The number of para-hydroxylation sites is 1. The van der Waals surface area contributed by atoms with E-state index in [2.05, 4.69) is 4.98 Å². The van der Waals surface area contributed by atoms with E-state index in [9.17, 15) is 14.7 Å². The van der Waals surface area contributed by atoms with Crippen molar-refractivity contribution < 1.29 is 19.4 Å². The largest absolute Gasteiger partial charge is 0.507 e. The molecule has 1 unspecified atom stereocenters. The van der Waals surface area contributed by atoms with Gasteiger partial charge in [-0.15, -0.1) is 0 Å². The topological polar surface area (TPSA) is 84.7 Å². The number of amides is 1. The van der Waals surface area contributed by atoms with Gasteiger partial charge in [-0.05, 0) is 36.8 Å². The van der Waals surface area contributed by atoms with Gasteiger partial charge in [-0.25, -0.2) is 4.98 Å². The Hall–Kier alpha value is -3.58. The molecule has 1 aliphatic heterocycles. The van der Waals surface area contributed by atoms with Crippen molar-refractivity contribution in [3.8, 4) is 5.75 Å². The van der Waals surface area contributed by atoms with Crippen molar-refractivity contribution in [2.24, 2.45) is 0 Å². The van der Waals surface area contributed by atoms with Crippen LogP contribution in [0.25, 0.3) is 5.76 Å². The lowest BCUT2D eigenvalue weighted by atomic mass is 9.94. The summed E-state index contributed by atoms with van der Waals surface area (Å²) in [5.41, 5.74) is 1.07. The number of likely N-dealkylation sites (tertiary alicyclic amines) is 1. The Morgan fingerprint density at radius 1 is 1.12 bits per heavy atom. The molecule has 0 spiro atoms. The van der Waals surface area contributed by atoms with Gasteiger partial charge in [0.1, 0.15) is 11.5 Å². The minimum atomic E-state index is -0.774. The highest BCUT2D eigenvalue weighted by atomic mass is 35.5. The first kappa shape index (κ1) is 21.6. The number of methoxy groups -OCH3 is 1. The minimum absolute atomic E-state index is 0.0319. The van der Waals surface area contributed by atoms with Crippen LogP contribution in [0.4, 0.5) is 0 Å². The Bertz CT molecular complexity index is 1160. The number of carbonyl (C=O) groups is 2. The van der Waals surface area contributed by atoms with Gasteiger partial charge >= 0.3 is 0 Å². The van der Waals surface area contributed by atoms with E-state index in [4.69, 9.17) is 16.3 Å². The number of benzene rings is 2. The minimum Gasteiger partial charge on any atom is -0.507 e. The van der Waals surface area contributed by atoms with Gasteiger partial charge in [-0.2, -0.15) is 0 Å². The van der Waals surface area contributed by atoms with Crippen LogP contribution in [-0.2, 0) is 16.1 Å². The third-order valence-electron chi connectivity index (χ3n) is 5.47. The monoisotopic (exact) mass is 451 g/mol. The van der Waals surface area contributed by atoms with Gasteiger partial charge in [0.15, 0.2) is 0 Å². The summed E-state index contributed by atoms with van der Waals surface area (Å²) in [6.07, 6.45) is 5.84. The van der Waals surface area contributed by atoms with Crippen molar-refractivity contribution in [2.75, 3.05) is 13.7 Å². The predicted molar refractivity (Wildman–Crippen MR) is 120 cm³/mol. The summed E-state index contributed by atoms with van der Waals surface area (Å²) < 4.78 is 7.41. The van der Waals surface area contributed by atoms with Crippen LogP contribution in [0.1, 0.15) is 23.6 Å². The van der Waals surface area contributed by atoms with E-state index >= 15 is 0 Å². The number of aromatic nitrogens is 2. The van der Waals surface area contributed by atoms with Crippen LogP contribution >= 0.6 is 11.6 Å². The lowest BCUT2D eigenvalue weighted by Crippen LogP contribution is -2.31. The lowest BCUT2D eigenvalue weighted by molar-refractivity contribution is -0.140. The zero-order chi connectivity index (χ0) is 22.7. The van der Waals surface area contributed by atoms with E-state index in [1.165, 1.54) is 12.0 Å². The fraction of sp³-hybridized carbons (Fsp3) is 0.208. The molecule has 2 heterocycles. The second kappa shape index (κ2) is 9.28. The first-order valence-electron chi connectivity index (χ1n) is 10.1. The van der Waals surface area contributed by atoms with Gasteiger partial charge in [-0.3, -0.25) is 9.59 Å². The standard InChI is InChI=1S/C24H22ClN3O4/c1-32-19-6-3-2-5-18(19)21-20(22(29)16-7-9-17(25)10-8-16)23(30)24(31)28(21)13-4-12-27-14-11-26-15-27/h2-3,5-11,14-15,21,29H,4,12-13H2,1H3/b22-20+. The van der Waals surface area contributed by atoms with Crippen LogP contribution in [-0.4, -0.2) is 44.9 Å². The molecule has 1 N–H and O–H groups in total. The van der Waals surface area contributed by atoms with E-state index in [0.717, 1.165) is 0 Å². The molecule has 1 aliphatic rings. The van der Waals surface area contributed by atoms with E-state index in [-0.39, 0.29) is 11.3 Å². The summed E-state index contributed by atoms with van der Waals surface area (Å²) >= 11 is 5.96. The Kier molecular flexibility index (Phi) is 6.28. The third-order valence-corrected chi connectivity index (χ3v) is 5.72. The molecule has 2 aromatic carbocycles. The van der Waals surface area contributed by atoms with Gasteiger partial charge in [0.25, 0.3) is 11.7 Å². The first-order chi connectivity index (χ1) is 15.5. The Balaban J connectivity index is 1.77. The number of carbonyl (C=O) groups excluding carboxylic acids is 2. The van der Waals surface area contributed by atoms with E-state index in [1.54, 1.807) is 48.9 Å². The van der Waals surface area contributed by atoms with Crippen LogP contribution in [0.15, 0.2) is 72.8 Å². The van der Waals surface area contributed by atoms with Crippen molar-refractivity contribution in [3.63, 3.8) is 0 Å². The molecule has 3 aromatic rings. The number of ketones is 1. The number of Topliss-reactive ketones (excluding diaryl/α,β-unsaturated/α-hetero) is 1. The molecule has 7 nitrogen and oxygen atoms in total. The second-order valence-corrected chi connectivity index (χ2v) is 7.83. The number of aliphatic hydroxyl groups is 1. The fourth-order valence-electron chi connectivity index (χ4n) is 3.93. The zero-order valence-corrected chi connectivity index (χ0v) is 18.2. The molecule has 1 aromatic heterocycles. The quantitative estimate of drug-likeness (QED) is 0.332. The van der Waals surface area contributed by atoms with Crippen molar-refractivity contribution in [2.45, 2.75) is 19.0 Å². The first-order valence-corrected chi connectivity index (χ1v) is 10.5. The van der Waals surface area contributed by atoms with Crippen molar-refractivity contribution in [1.82, 2.24) is 14.5 Å². The van der Waals surface area contributed by atoms with Gasteiger partial charge < -0.3 is 19.3 Å². The number of imidazole rings is 1. The molecule has 8 heteroatoms. The number of halogens is 1. The average Bonchev–Trinajstić information content (AvgIpc) is 3.41. The number of aliphatic hydroxyl groups excluding tert-OH is 1. The van der Waals surface area contributed by atoms with E-state index < -0.39 is 17.7 Å². The highest BCUT2D eigenvalue weighted by Crippen LogP contribution is 2.42. The number of nitrogens with zero attached hydrogens (tertiary/aromatic N) is 3. The Labute approximate surface area is 190 Å². The summed E-state index contributed by atoms with van der Waals surface area (Å²) in [5.74, 6) is -1.09. The molecule has 164 valence electrons. The molecule has 4 rings (SSSR count). The van der Waals surface area contributed by atoms with Crippen LogP contribution < -0.4 is 4.74 Å². The molecule has 1 saturated heterocycles. The number of rotatable bonds is 7. The normalized spacial score (nSPS) is 17.7. The van der Waals surface area contributed by atoms with Gasteiger partial charge in [-0.1, -0.05) is 29.8 Å². The molecule has 1 amide bonds. The van der Waals surface area contributed by atoms with Crippen LogP contribution in [0.3, 0.4) is 0 Å². The predicted octanol–water partition coefficient (Wildman–Crippen LogP) is 4.06. The maximum absolute atomic E-state index is 13.1. The molecule has 32 heavy (non-hydrogen) atoms. The van der Waals surface area contributed by atoms with Gasteiger partial charge in [0, 0.05) is 41.6 Å². The molecular formula is C24H22ClN3O4. The maximum Gasteiger partial charge on any atom is 0.295 e. The maximum atomic E-state index is 13.1. The highest BCUT2D eigenvalue weighted by molar-refractivity contribution is 6.46. The second-order valence-electron chi connectivity index (χ2n) is 7.40. The molecule has 1 fully saturated rings. The summed E-state index contributed by atoms with van der Waals surface area (Å²) in [4.78, 5) is 31.6. The molecule has 0 radical (unpaired) electrons. The van der Waals surface area contributed by atoms with Crippen LogP contribution in [0.5, 0.6) is 5.75 Å². The third kappa shape index (κ3) is 4.11. The van der Waals surface area contributed by atoms with Crippen LogP contribution in [0, 0.1) is 0 Å². The van der Waals surface area contributed by atoms with Gasteiger partial charge in [0.2, 0.25) is 0 Å². The summed E-state index contributed by atoms with van der Waals surface area (Å²) in [5, 5.41) is 11.6. The number of hydrogen-bond donors (Lipinski definition) is 1.